The van der Waals surface area contributed by atoms with Gasteiger partial charge in [0.1, 0.15) is 17.6 Å². The highest BCUT2D eigenvalue weighted by Crippen LogP contribution is 2.56. The minimum absolute atomic E-state index is 0.0942. The third kappa shape index (κ3) is 6.52. The van der Waals surface area contributed by atoms with E-state index in [1.807, 2.05) is 13.0 Å². The topological polar surface area (TPSA) is 180 Å². The molecule has 11 heteroatoms. The number of phenols is 4. The van der Waals surface area contributed by atoms with Crippen LogP contribution in [0.4, 0.5) is 4.79 Å². The second-order valence-corrected chi connectivity index (χ2v) is 9.68. The van der Waals surface area contributed by atoms with Crippen LogP contribution in [0.5, 0.6) is 34.5 Å². The molecule has 0 radical (unpaired) electrons. The maximum atomic E-state index is 13.2. The van der Waals surface area contributed by atoms with Crippen LogP contribution in [0.1, 0.15) is 33.1 Å². The Hall–Kier alpha value is -5.19. The normalized spacial score (nSPS) is 15.1. The van der Waals surface area contributed by atoms with Crippen LogP contribution in [-0.4, -0.2) is 49.7 Å². The molecular formula is C30H28O11. The fourth-order valence-electron chi connectivity index (χ4n) is 4.54. The van der Waals surface area contributed by atoms with Crippen molar-refractivity contribution >= 4 is 18.1 Å². The summed E-state index contributed by atoms with van der Waals surface area (Å²) in [6.45, 7) is 3.21. The van der Waals surface area contributed by atoms with Crippen molar-refractivity contribution in [2.24, 2.45) is 5.92 Å². The molecule has 4 rings (SSSR count). The van der Waals surface area contributed by atoms with Crippen LogP contribution in [0.2, 0.25) is 0 Å². The number of aromatic hydroxyl groups is 4. The van der Waals surface area contributed by atoms with E-state index in [1.165, 1.54) is 55.5 Å². The minimum Gasteiger partial charge on any atom is -0.508 e. The molecule has 5 N–H and O–H groups in total. The van der Waals surface area contributed by atoms with Crippen molar-refractivity contribution in [1.29, 1.82) is 0 Å². The first-order valence-corrected chi connectivity index (χ1v) is 12.6. The van der Waals surface area contributed by atoms with Gasteiger partial charge in [0.05, 0.1) is 23.5 Å². The zero-order valence-corrected chi connectivity index (χ0v) is 22.2. The number of hydrogen-bond donors (Lipinski definition) is 5. The molecule has 0 aromatic heterocycles. The molecule has 0 amide bonds. The lowest BCUT2D eigenvalue weighted by atomic mass is 9.95. The molecule has 0 spiro atoms. The van der Waals surface area contributed by atoms with Gasteiger partial charge in [0.2, 0.25) is 0 Å². The van der Waals surface area contributed by atoms with E-state index in [4.69, 9.17) is 14.6 Å². The van der Waals surface area contributed by atoms with Gasteiger partial charge in [0.25, 0.3) is 0 Å². The lowest BCUT2D eigenvalue weighted by Gasteiger charge is -2.22. The Morgan fingerprint density at radius 1 is 0.829 bits per heavy atom. The molecular weight excluding hydrogens is 536 g/mol. The summed E-state index contributed by atoms with van der Waals surface area (Å²) in [5.41, 5.74) is 0.968. The third-order valence-corrected chi connectivity index (χ3v) is 6.50. The molecule has 11 nitrogen and oxygen atoms in total. The molecule has 1 unspecified atom stereocenters. The largest absolute Gasteiger partial charge is 0.508 e. The van der Waals surface area contributed by atoms with Crippen LogP contribution < -0.4 is 9.47 Å². The summed E-state index contributed by atoms with van der Waals surface area (Å²) < 4.78 is 15.7. The number of carbonyl (C=O) groups excluding carboxylic acids is 2. The number of benzene rings is 3. The number of rotatable bonds is 8. The molecule has 0 fully saturated rings. The molecule has 214 valence electrons. The van der Waals surface area contributed by atoms with Gasteiger partial charge in [-0.3, -0.25) is 9.59 Å². The van der Waals surface area contributed by atoms with Crippen LogP contribution in [-0.2, 0) is 14.3 Å². The van der Waals surface area contributed by atoms with Gasteiger partial charge in [-0.1, -0.05) is 35.9 Å². The smallest absolute Gasteiger partial charge is 0.506 e. The Bertz CT molecular complexity index is 1510. The molecule has 3 aromatic carbocycles. The molecule has 0 aliphatic heterocycles. The van der Waals surface area contributed by atoms with Crippen LogP contribution in [0.25, 0.3) is 22.3 Å². The Kier molecular flexibility index (Phi) is 8.37. The van der Waals surface area contributed by atoms with Crippen molar-refractivity contribution in [3.63, 3.8) is 0 Å². The zero-order chi connectivity index (χ0) is 29.8. The van der Waals surface area contributed by atoms with Crippen molar-refractivity contribution in [3.8, 4) is 56.8 Å². The van der Waals surface area contributed by atoms with Gasteiger partial charge in [0, 0.05) is 0 Å². The van der Waals surface area contributed by atoms with E-state index in [0.29, 0.717) is 12.8 Å². The van der Waals surface area contributed by atoms with Crippen LogP contribution in [0.15, 0.2) is 60.2 Å². The van der Waals surface area contributed by atoms with Crippen LogP contribution in [0, 0.1) is 5.92 Å². The predicted octanol–water partition coefficient (Wildman–Crippen LogP) is 5.48. The fraction of sp³-hybridized carbons (Fsp3) is 0.233. The van der Waals surface area contributed by atoms with E-state index in [1.54, 1.807) is 0 Å². The van der Waals surface area contributed by atoms with Crippen LogP contribution in [0.3, 0.4) is 0 Å². The number of hydrogen-bond acceptors (Lipinski definition) is 10. The van der Waals surface area contributed by atoms with E-state index in [0.717, 1.165) is 5.57 Å². The van der Waals surface area contributed by atoms with E-state index in [9.17, 15) is 34.8 Å². The number of phenolic OH excluding ortho intramolecular Hbond substituents is 4. The van der Waals surface area contributed by atoms with Crippen molar-refractivity contribution in [2.75, 3.05) is 0 Å². The van der Waals surface area contributed by atoms with E-state index < -0.39 is 59.5 Å². The summed E-state index contributed by atoms with van der Waals surface area (Å²) >= 11 is 0. The summed E-state index contributed by atoms with van der Waals surface area (Å²) in [5, 5.41) is 51.5. The molecule has 3 aromatic rings. The standard InChI is InChI=1S/C30H28O11/c1-15-3-4-19(13-15)29(36)41-28-24(18-7-11-21(32)12-8-18)25(34)27(40-22(33)14-16(2)39-30(37)38)23(26(28)35)17-5-9-20(31)10-6-17/h3,5-12,16,19,31-32,34-35H,4,13-14H2,1-2H3,(H,37,38)/t16-,19?/m0/s1. The van der Waals surface area contributed by atoms with Gasteiger partial charge in [-0.05, 0) is 62.1 Å². The van der Waals surface area contributed by atoms with Gasteiger partial charge < -0.3 is 39.7 Å². The molecule has 0 saturated heterocycles. The minimum atomic E-state index is -1.59. The summed E-state index contributed by atoms with van der Waals surface area (Å²) in [5.74, 6) is -4.62. The van der Waals surface area contributed by atoms with E-state index in [2.05, 4.69) is 4.74 Å². The van der Waals surface area contributed by atoms with E-state index >= 15 is 0 Å². The number of carbonyl (C=O) groups is 3. The monoisotopic (exact) mass is 564 g/mol. The molecule has 1 aliphatic carbocycles. The molecule has 41 heavy (non-hydrogen) atoms. The highest BCUT2D eigenvalue weighted by molar-refractivity contribution is 5.96. The molecule has 0 saturated carbocycles. The van der Waals surface area contributed by atoms with Gasteiger partial charge >= 0.3 is 18.1 Å². The second kappa shape index (κ2) is 11.9. The lowest BCUT2D eigenvalue weighted by molar-refractivity contribution is -0.139. The van der Waals surface area contributed by atoms with Crippen molar-refractivity contribution in [2.45, 2.75) is 39.2 Å². The maximum absolute atomic E-state index is 13.2. The number of allylic oxidation sites excluding steroid dienone is 2. The van der Waals surface area contributed by atoms with Gasteiger partial charge in [-0.25, -0.2) is 4.79 Å². The van der Waals surface area contributed by atoms with Crippen molar-refractivity contribution in [3.05, 3.63) is 60.2 Å². The molecule has 0 bridgehead atoms. The molecule has 2 atom stereocenters. The summed E-state index contributed by atoms with van der Waals surface area (Å²) in [6, 6.07) is 10.8. The Balaban J connectivity index is 1.90. The Morgan fingerprint density at radius 3 is 1.76 bits per heavy atom. The second-order valence-electron chi connectivity index (χ2n) is 9.68. The maximum Gasteiger partial charge on any atom is 0.506 e. The Morgan fingerprint density at radius 2 is 1.32 bits per heavy atom. The first-order chi connectivity index (χ1) is 19.4. The summed E-state index contributed by atoms with van der Waals surface area (Å²) in [4.78, 5) is 36.8. The average Bonchev–Trinajstić information content (AvgIpc) is 3.34. The fourth-order valence-corrected chi connectivity index (χ4v) is 4.54. The summed E-state index contributed by atoms with van der Waals surface area (Å²) in [6.07, 6.45) is -0.415. The van der Waals surface area contributed by atoms with Gasteiger partial charge in [-0.2, -0.15) is 0 Å². The Labute approximate surface area is 234 Å². The molecule has 1 aliphatic rings. The highest BCUT2D eigenvalue weighted by Gasteiger charge is 2.33. The first kappa shape index (κ1) is 28.8. The highest BCUT2D eigenvalue weighted by atomic mass is 16.7. The van der Waals surface area contributed by atoms with Crippen LogP contribution >= 0.6 is 0 Å². The quantitative estimate of drug-likeness (QED) is 0.101. The SMILES string of the molecule is CC1=CCC(C(=O)Oc2c(O)c(-c3ccc(O)cc3)c(OC(=O)C[C@H](C)OC(=O)O)c(O)c2-c2ccc(O)cc2)C1. The molecule has 0 heterocycles. The predicted molar refractivity (Wildman–Crippen MR) is 145 cm³/mol. The average molecular weight is 565 g/mol. The van der Waals surface area contributed by atoms with Gasteiger partial charge in [0.15, 0.2) is 23.0 Å². The number of carboxylic acid groups (broad SMARTS) is 1. The first-order valence-electron chi connectivity index (χ1n) is 12.6. The zero-order valence-electron chi connectivity index (χ0n) is 22.2. The van der Waals surface area contributed by atoms with E-state index in [-0.39, 0.29) is 33.8 Å². The third-order valence-electron chi connectivity index (χ3n) is 6.50. The van der Waals surface area contributed by atoms with Crippen molar-refractivity contribution in [1.82, 2.24) is 0 Å². The van der Waals surface area contributed by atoms with Gasteiger partial charge in [-0.15, -0.1) is 0 Å². The number of ether oxygens (including phenoxy) is 3. The van der Waals surface area contributed by atoms with Crippen molar-refractivity contribution < 1.29 is 54.1 Å². The summed E-state index contributed by atoms with van der Waals surface area (Å²) in [7, 11) is 0. The number of esters is 2. The lowest BCUT2D eigenvalue weighted by Crippen LogP contribution is -2.21.